The maximum Gasteiger partial charge on any atom is 0.269 e. The van der Waals surface area contributed by atoms with E-state index in [1.54, 1.807) is 30.1 Å². The molecule has 1 fully saturated rings. The smallest absolute Gasteiger partial charge is 0.269 e. The summed E-state index contributed by atoms with van der Waals surface area (Å²) in [6.07, 6.45) is 1.66. The summed E-state index contributed by atoms with van der Waals surface area (Å²) in [7, 11) is 1.74. The summed E-state index contributed by atoms with van der Waals surface area (Å²) in [4.78, 5) is 22.7. The minimum atomic E-state index is -0.456. The summed E-state index contributed by atoms with van der Waals surface area (Å²) in [5.74, 6) is 0.289. The average Bonchev–Trinajstić information content (AvgIpc) is 2.87. The van der Waals surface area contributed by atoms with Crippen LogP contribution in [-0.2, 0) is 7.05 Å². The van der Waals surface area contributed by atoms with Crippen molar-refractivity contribution in [1.29, 1.82) is 0 Å². The minimum Gasteiger partial charge on any atom is -0.352 e. The molecule has 2 heterocycles. The normalized spacial score (nSPS) is 14.3. The highest BCUT2D eigenvalue weighted by molar-refractivity contribution is 5.99. The molecule has 0 atom stereocenters. The van der Waals surface area contributed by atoms with E-state index in [0.29, 0.717) is 29.3 Å². The van der Waals surface area contributed by atoms with Crippen molar-refractivity contribution in [3.63, 3.8) is 0 Å². The van der Waals surface area contributed by atoms with Gasteiger partial charge in [-0.2, -0.15) is 5.10 Å². The number of rotatable bonds is 5. The molecule has 0 saturated carbocycles. The third-order valence-corrected chi connectivity index (χ3v) is 3.84. The number of benzene rings is 1. The second kappa shape index (κ2) is 6.17. The quantitative estimate of drug-likeness (QED) is 0.631. The van der Waals surface area contributed by atoms with E-state index < -0.39 is 4.92 Å². The standard InChI is InChI=1S/C15H17N5O3/c1-19-9-13(15(21)17-8-10-6-16-7-10)14(18-19)11-2-4-12(5-3-11)20(22)23/h2-5,9-10,16H,6-8H2,1H3,(H,17,21). The second-order valence-electron chi connectivity index (χ2n) is 5.60. The largest absolute Gasteiger partial charge is 0.352 e. The zero-order valence-electron chi connectivity index (χ0n) is 12.7. The van der Waals surface area contributed by atoms with Crippen molar-refractivity contribution in [2.45, 2.75) is 0 Å². The van der Waals surface area contributed by atoms with Crippen molar-refractivity contribution < 1.29 is 9.72 Å². The Morgan fingerprint density at radius 2 is 2.13 bits per heavy atom. The summed E-state index contributed by atoms with van der Waals surface area (Å²) in [5, 5.41) is 21.1. The maximum absolute atomic E-state index is 12.4. The first kappa shape index (κ1) is 15.2. The molecule has 0 aliphatic carbocycles. The van der Waals surface area contributed by atoms with Gasteiger partial charge in [0.2, 0.25) is 0 Å². The topological polar surface area (TPSA) is 102 Å². The first-order chi connectivity index (χ1) is 11.0. The van der Waals surface area contributed by atoms with Gasteiger partial charge < -0.3 is 10.6 Å². The molecule has 1 aliphatic rings. The number of aryl methyl sites for hydroxylation is 1. The molecule has 0 unspecified atom stereocenters. The Hall–Kier alpha value is -2.74. The molecule has 1 aromatic carbocycles. The van der Waals surface area contributed by atoms with E-state index in [2.05, 4.69) is 15.7 Å². The lowest BCUT2D eigenvalue weighted by Crippen LogP contribution is -2.48. The number of nitrogens with zero attached hydrogens (tertiary/aromatic N) is 3. The van der Waals surface area contributed by atoms with Gasteiger partial charge in [-0.15, -0.1) is 0 Å². The van der Waals surface area contributed by atoms with Gasteiger partial charge in [0, 0.05) is 56.5 Å². The molecule has 1 aromatic heterocycles. The van der Waals surface area contributed by atoms with Crippen molar-refractivity contribution in [1.82, 2.24) is 20.4 Å². The SMILES string of the molecule is Cn1cc(C(=O)NCC2CNC2)c(-c2ccc([N+](=O)[O-])cc2)n1. The molecule has 3 rings (SSSR count). The predicted molar refractivity (Wildman–Crippen MR) is 84.0 cm³/mol. The van der Waals surface area contributed by atoms with Crippen LogP contribution in [0.25, 0.3) is 11.3 Å². The Labute approximate surface area is 132 Å². The van der Waals surface area contributed by atoms with Crippen LogP contribution in [-0.4, -0.2) is 40.2 Å². The van der Waals surface area contributed by atoms with Gasteiger partial charge >= 0.3 is 0 Å². The Kier molecular flexibility index (Phi) is 4.07. The van der Waals surface area contributed by atoms with Gasteiger partial charge in [-0.25, -0.2) is 0 Å². The number of nitro benzene ring substituents is 1. The fourth-order valence-corrected chi connectivity index (χ4v) is 2.43. The number of carbonyl (C=O) groups is 1. The zero-order chi connectivity index (χ0) is 16.4. The fraction of sp³-hybridized carbons (Fsp3) is 0.333. The van der Waals surface area contributed by atoms with Gasteiger partial charge in [-0.1, -0.05) is 0 Å². The van der Waals surface area contributed by atoms with Crippen molar-refractivity contribution >= 4 is 11.6 Å². The molecule has 1 amide bonds. The third-order valence-electron chi connectivity index (χ3n) is 3.84. The van der Waals surface area contributed by atoms with Crippen LogP contribution in [0.2, 0.25) is 0 Å². The fourth-order valence-electron chi connectivity index (χ4n) is 2.43. The Morgan fingerprint density at radius 1 is 1.43 bits per heavy atom. The van der Waals surface area contributed by atoms with E-state index in [9.17, 15) is 14.9 Å². The lowest BCUT2D eigenvalue weighted by Gasteiger charge is -2.27. The number of carbonyl (C=O) groups excluding carboxylic acids is 1. The van der Waals surface area contributed by atoms with Crippen LogP contribution in [0.15, 0.2) is 30.5 Å². The summed E-state index contributed by atoms with van der Waals surface area (Å²) in [5.41, 5.74) is 1.67. The van der Waals surface area contributed by atoms with Gasteiger partial charge in [0.1, 0.15) is 5.69 Å². The van der Waals surface area contributed by atoms with E-state index in [1.165, 1.54) is 12.1 Å². The zero-order valence-corrected chi connectivity index (χ0v) is 12.7. The number of amides is 1. The molecule has 1 aliphatic heterocycles. The van der Waals surface area contributed by atoms with E-state index in [0.717, 1.165) is 13.1 Å². The highest BCUT2D eigenvalue weighted by Gasteiger charge is 2.21. The van der Waals surface area contributed by atoms with Crippen molar-refractivity contribution in [3.05, 3.63) is 46.1 Å². The molecule has 23 heavy (non-hydrogen) atoms. The third kappa shape index (κ3) is 3.21. The molecule has 0 bridgehead atoms. The number of nitro groups is 1. The average molecular weight is 315 g/mol. The number of non-ortho nitro benzene ring substituents is 1. The van der Waals surface area contributed by atoms with Crippen LogP contribution in [0, 0.1) is 16.0 Å². The molecular weight excluding hydrogens is 298 g/mol. The summed E-state index contributed by atoms with van der Waals surface area (Å²) >= 11 is 0. The van der Waals surface area contributed by atoms with Gasteiger partial charge in [-0.3, -0.25) is 19.6 Å². The van der Waals surface area contributed by atoms with Crippen LogP contribution < -0.4 is 10.6 Å². The number of hydrogen-bond donors (Lipinski definition) is 2. The first-order valence-corrected chi connectivity index (χ1v) is 7.32. The molecule has 120 valence electrons. The highest BCUT2D eigenvalue weighted by atomic mass is 16.6. The minimum absolute atomic E-state index is 0.00756. The van der Waals surface area contributed by atoms with Crippen LogP contribution in [0.5, 0.6) is 0 Å². The van der Waals surface area contributed by atoms with Crippen LogP contribution >= 0.6 is 0 Å². The Balaban J connectivity index is 1.81. The molecule has 8 heteroatoms. The van der Waals surface area contributed by atoms with Gasteiger partial charge in [-0.05, 0) is 12.1 Å². The summed E-state index contributed by atoms with van der Waals surface area (Å²) in [6, 6.07) is 6.03. The van der Waals surface area contributed by atoms with Crippen molar-refractivity contribution in [2.24, 2.45) is 13.0 Å². The molecule has 2 N–H and O–H groups in total. The van der Waals surface area contributed by atoms with Crippen molar-refractivity contribution in [3.8, 4) is 11.3 Å². The molecule has 8 nitrogen and oxygen atoms in total. The molecule has 1 saturated heterocycles. The van der Waals surface area contributed by atoms with Crippen molar-refractivity contribution in [2.75, 3.05) is 19.6 Å². The maximum atomic E-state index is 12.4. The Morgan fingerprint density at radius 3 is 2.70 bits per heavy atom. The number of aromatic nitrogens is 2. The summed E-state index contributed by atoms with van der Waals surface area (Å²) < 4.78 is 1.57. The lowest BCUT2D eigenvalue weighted by atomic mass is 10.0. The van der Waals surface area contributed by atoms with Gasteiger partial charge in [0.15, 0.2) is 0 Å². The van der Waals surface area contributed by atoms with Crippen LogP contribution in [0.4, 0.5) is 5.69 Å². The molecular formula is C15H17N5O3. The van der Waals surface area contributed by atoms with Gasteiger partial charge in [0.05, 0.1) is 10.5 Å². The Bertz CT molecular complexity index is 734. The van der Waals surface area contributed by atoms with Crippen LogP contribution in [0.1, 0.15) is 10.4 Å². The van der Waals surface area contributed by atoms with E-state index in [1.807, 2.05) is 0 Å². The number of hydrogen-bond acceptors (Lipinski definition) is 5. The van der Waals surface area contributed by atoms with Gasteiger partial charge in [0.25, 0.3) is 11.6 Å². The molecule has 0 radical (unpaired) electrons. The first-order valence-electron chi connectivity index (χ1n) is 7.32. The number of nitrogens with one attached hydrogen (secondary N) is 2. The second-order valence-corrected chi connectivity index (χ2v) is 5.60. The summed E-state index contributed by atoms with van der Waals surface area (Å²) in [6.45, 7) is 2.46. The van der Waals surface area contributed by atoms with E-state index in [4.69, 9.17) is 0 Å². The predicted octanol–water partition coefficient (Wildman–Crippen LogP) is 0.944. The monoisotopic (exact) mass is 315 g/mol. The molecule has 2 aromatic rings. The van der Waals surface area contributed by atoms with Crippen LogP contribution in [0.3, 0.4) is 0 Å². The van der Waals surface area contributed by atoms with E-state index >= 15 is 0 Å². The van der Waals surface area contributed by atoms with E-state index in [-0.39, 0.29) is 11.6 Å². The lowest BCUT2D eigenvalue weighted by molar-refractivity contribution is -0.384. The highest BCUT2D eigenvalue weighted by Crippen LogP contribution is 2.24. The molecule has 0 spiro atoms.